The van der Waals surface area contributed by atoms with Gasteiger partial charge in [0.25, 0.3) is 0 Å². The first-order valence-electron chi connectivity index (χ1n) is 6.09. The molecule has 2 atom stereocenters. The topological polar surface area (TPSA) is 46.3 Å². The van der Waals surface area contributed by atoms with Crippen molar-refractivity contribution in [2.45, 2.75) is 25.1 Å². The van der Waals surface area contributed by atoms with E-state index in [1.807, 2.05) is 12.1 Å². The summed E-state index contributed by atoms with van der Waals surface area (Å²) in [6.45, 7) is 0.778. The van der Waals surface area contributed by atoms with Crippen molar-refractivity contribution in [3.05, 3.63) is 33.8 Å². The lowest BCUT2D eigenvalue weighted by atomic mass is 10.1. The quantitative estimate of drug-likeness (QED) is 0.928. The first kappa shape index (κ1) is 14.6. The predicted octanol–water partition coefficient (Wildman–Crippen LogP) is 2.43. The minimum atomic E-state index is -0.993. The summed E-state index contributed by atoms with van der Waals surface area (Å²) in [4.78, 5) is 13.0. The minimum absolute atomic E-state index is 0.179. The van der Waals surface area contributed by atoms with E-state index in [1.165, 1.54) is 0 Å². The second-order valence-corrected chi connectivity index (χ2v) is 5.49. The number of benzene rings is 1. The largest absolute Gasteiger partial charge is 0.368 e. The first-order chi connectivity index (χ1) is 8.99. The highest BCUT2D eigenvalue weighted by Gasteiger charge is 2.35. The molecule has 0 saturated carbocycles. The molecule has 0 radical (unpaired) electrons. The zero-order valence-electron chi connectivity index (χ0n) is 10.3. The molecule has 3 nitrogen and oxygen atoms in total. The van der Waals surface area contributed by atoms with Gasteiger partial charge in [-0.05, 0) is 18.1 Å². The van der Waals surface area contributed by atoms with Crippen LogP contribution in [0.15, 0.2) is 18.2 Å². The first-order valence-corrected chi connectivity index (χ1v) is 6.85. The average Bonchev–Trinajstić information content (AvgIpc) is 2.73. The van der Waals surface area contributed by atoms with Crippen molar-refractivity contribution in [3.63, 3.8) is 0 Å². The molecule has 1 fully saturated rings. The molecule has 0 spiro atoms. The molecular formula is C13H15Cl2FN2O. The van der Waals surface area contributed by atoms with Crippen LogP contribution in [0.5, 0.6) is 0 Å². The molecule has 19 heavy (non-hydrogen) atoms. The number of hydrogen-bond acceptors (Lipinski definition) is 2. The van der Waals surface area contributed by atoms with Crippen LogP contribution in [-0.2, 0) is 11.2 Å². The van der Waals surface area contributed by atoms with Crippen LogP contribution in [0.2, 0.25) is 10.0 Å². The molecule has 1 aliphatic rings. The molecular weight excluding hydrogens is 290 g/mol. The van der Waals surface area contributed by atoms with Crippen molar-refractivity contribution in [2.24, 2.45) is 5.73 Å². The van der Waals surface area contributed by atoms with Crippen LogP contribution in [0, 0.1) is 0 Å². The van der Waals surface area contributed by atoms with Crippen molar-refractivity contribution < 1.29 is 9.18 Å². The molecule has 1 aromatic rings. The smallest absolute Gasteiger partial charge is 0.234 e. The van der Waals surface area contributed by atoms with Crippen LogP contribution in [0.1, 0.15) is 12.0 Å². The van der Waals surface area contributed by atoms with Crippen LogP contribution < -0.4 is 5.73 Å². The highest BCUT2D eigenvalue weighted by Crippen LogP contribution is 2.27. The monoisotopic (exact) mass is 304 g/mol. The molecule has 0 aliphatic carbocycles. The summed E-state index contributed by atoms with van der Waals surface area (Å²) in [5, 5.41) is 1.01. The second kappa shape index (κ2) is 6.07. The molecule has 1 heterocycles. The summed E-state index contributed by atoms with van der Waals surface area (Å²) >= 11 is 12.0. The highest BCUT2D eigenvalue weighted by molar-refractivity contribution is 6.42. The van der Waals surface area contributed by atoms with Crippen LogP contribution in [0.4, 0.5) is 4.39 Å². The van der Waals surface area contributed by atoms with Gasteiger partial charge in [0.05, 0.1) is 16.1 Å². The number of likely N-dealkylation sites (tertiary alicyclic amines) is 1. The normalized spacial score (nSPS) is 23.7. The van der Waals surface area contributed by atoms with E-state index in [0.29, 0.717) is 23.0 Å². The van der Waals surface area contributed by atoms with E-state index >= 15 is 0 Å². The number of nitrogens with zero attached hydrogens (tertiary/aromatic N) is 1. The fraction of sp³-hybridized carbons (Fsp3) is 0.462. The van der Waals surface area contributed by atoms with E-state index in [0.717, 1.165) is 5.56 Å². The van der Waals surface area contributed by atoms with E-state index < -0.39 is 18.1 Å². The summed E-state index contributed by atoms with van der Waals surface area (Å²) in [5.74, 6) is -0.475. The lowest BCUT2D eigenvalue weighted by molar-refractivity contribution is -0.122. The fourth-order valence-corrected chi connectivity index (χ4v) is 2.81. The maximum atomic E-state index is 13.4. The molecule has 104 valence electrons. The van der Waals surface area contributed by atoms with Crippen molar-refractivity contribution in [3.8, 4) is 0 Å². The molecule has 1 amide bonds. The third kappa shape index (κ3) is 3.38. The highest BCUT2D eigenvalue weighted by atomic mass is 35.5. The Morgan fingerprint density at radius 1 is 1.47 bits per heavy atom. The Hall–Kier alpha value is -0.840. The van der Waals surface area contributed by atoms with Gasteiger partial charge in [-0.15, -0.1) is 0 Å². The van der Waals surface area contributed by atoms with Gasteiger partial charge in [0.15, 0.2) is 0 Å². The summed E-state index contributed by atoms with van der Waals surface area (Å²) in [5.41, 5.74) is 6.17. The zero-order chi connectivity index (χ0) is 14.0. The van der Waals surface area contributed by atoms with Crippen LogP contribution >= 0.6 is 23.2 Å². The van der Waals surface area contributed by atoms with Gasteiger partial charge in [0, 0.05) is 19.5 Å². The Kier molecular flexibility index (Phi) is 4.66. The third-order valence-electron chi connectivity index (χ3n) is 3.38. The molecule has 1 aliphatic heterocycles. The molecule has 0 bridgehead atoms. The lowest BCUT2D eigenvalue weighted by Gasteiger charge is -2.21. The fourth-order valence-electron chi connectivity index (χ4n) is 2.40. The summed E-state index contributed by atoms with van der Waals surface area (Å²) in [7, 11) is 0. The Balaban J connectivity index is 2.02. The van der Waals surface area contributed by atoms with Crippen LogP contribution in [-0.4, -0.2) is 36.1 Å². The maximum absolute atomic E-state index is 13.4. The van der Waals surface area contributed by atoms with Gasteiger partial charge < -0.3 is 5.73 Å². The van der Waals surface area contributed by atoms with Crippen molar-refractivity contribution in [2.75, 3.05) is 13.1 Å². The summed E-state index contributed by atoms with van der Waals surface area (Å²) < 4.78 is 13.4. The van der Waals surface area contributed by atoms with E-state index in [-0.39, 0.29) is 13.0 Å². The van der Waals surface area contributed by atoms with Gasteiger partial charge in [-0.3, -0.25) is 9.69 Å². The zero-order valence-corrected chi connectivity index (χ0v) is 11.8. The molecule has 1 saturated heterocycles. The van der Waals surface area contributed by atoms with Gasteiger partial charge in [0.2, 0.25) is 5.91 Å². The Morgan fingerprint density at radius 3 is 2.89 bits per heavy atom. The Morgan fingerprint density at radius 2 is 2.21 bits per heavy atom. The Bertz CT molecular complexity index is 484. The van der Waals surface area contributed by atoms with Gasteiger partial charge in [-0.2, -0.15) is 0 Å². The SMILES string of the molecule is NC(=O)[C@@H]1C[C@@H](F)CN1CCc1cccc(Cl)c1Cl. The van der Waals surface area contributed by atoms with Gasteiger partial charge in [-0.25, -0.2) is 4.39 Å². The van der Waals surface area contributed by atoms with Gasteiger partial charge in [-0.1, -0.05) is 35.3 Å². The maximum Gasteiger partial charge on any atom is 0.234 e. The molecule has 0 aromatic heterocycles. The van der Waals surface area contributed by atoms with E-state index in [4.69, 9.17) is 28.9 Å². The number of carbonyl (C=O) groups excluding carboxylic acids is 1. The number of nitrogens with two attached hydrogens (primary N) is 1. The summed E-state index contributed by atoms with van der Waals surface area (Å²) in [6, 6.07) is 4.88. The number of primary amides is 1. The van der Waals surface area contributed by atoms with Gasteiger partial charge in [0.1, 0.15) is 6.17 Å². The summed E-state index contributed by atoms with van der Waals surface area (Å²) in [6.07, 6.45) is -0.207. The van der Waals surface area contributed by atoms with E-state index in [1.54, 1.807) is 11.0 Å². The van der Waals surface area contributed by atoms with Crippen LogP contribution in [0.3, 0.4) is 0 Å². The number of alkyl halides is 1. The van der Waals surface area contributed by atoms with Crippen molar-refractivity contribution in [1.82, 2.24) is 4.90 Å². The Labute approximate surface area is 121 Å². The third-order valence-corrected chi connectivity index (χ3v) is 4.24. The molecule has 2 N–H and O–H groups in total. The molecule has 2 rings (SSSR count). The number of amides is 1. The van der Waals surface area contributed by atoms with Crippen molar-refractivity contribution >= 4 is 29.1 Å². The molecule has 6 heteroatoms. The van der Waals surface area contributed by atoms with E-state index in [2.05, 4.69) is 0 Å². The lowest BCUT2D eigenvalue weighted by Crippen LogP contribution is -2.41. The van der Waals surface area contributed by atoms with Crippen molar-refractivity contribution in [1.29, 1.82) is 0 Å². The average molecular weight is 305 g/mol. The van der Waals surface area contributed by atoms with Gasteiger partial charge >= 0.3 is 0 Å². The number of rotatable bonds is 4. The predicted molar refractivity (Wildman–Crippen MR) is 74.2 cm³/mol. The standard InChI is InChI=1S/C13H15Cl2FN2O/c14-10-3-1-2-8(12(10)15)4-5-18-7-9(16)6-11(18)13(17)19/h1-3,9,11H,4-7H2,(H2,17,19)/t9-,11+/m1/s1. The minimum Gasteiger partial charge on any atom is -0.368 e. The number of halogens is 3. The molecule has 1 aromatic carbocycles. The number of carbonyl (C=O) groups is 1. The second-order valence-electron chi connectivity index (χ2n) is 4.71. The number of hydrogen-bond donors (Lipinski definition) is 1. The van der Waals surface area contributed by atoms with Crippen LogP contribution in [0.25, 0.3) is 0 Å². The molecule has 0 unspecified atom stereocenters. The van der Waals surface area contributed by atoms with E-state index in [9.17, 15) is 9.18 Å².